The smallest absolute Gasteiger partial charge is 0.417 e. The summed E-state index contributed by atoms with van der Waals surface area (Å²) in [6.45, 7) is 9.63. The van der Waals surface area contributed by atoms with E-state index in [9.17, 15) is 18.0 Å². The van der Waals surface area contributed by atoms with E-state index in [2.05, 4.69) is 10.3 Å². The van der Waals surface area contributed by atoms with Crippen molar-refractivity contribution in [1.29, 1.82) is 0 Å². The Balaban J connectivity index is 2.05. The summed E-state index contributed by atoms with van der Waals surface area (Å²) < 4.78 is 56.9. The highest BCUT2D eigenvalue weighted by Gasteiger charge is 2.53. The third kappa shape index (κ3) is 6.12. The molecule has 0 saturated carbocycles. The Hall–Kier alpha value is -2.36. The maximum atomic E-state index is 13.3. The van der Waals surface area contributed by atoms with Crippen molar-refractivity contribution in [2.75, 3.05) is 13.7 Å². The Labute approximate surface area is 214 Å². The summed E-state index contributed by atoms with van der Waals surface area (Å²) in [5, 5.41) is 3.90. The van der Waals surface area contributed by atoms with E-state index in [1.54, 1.807) is 13.0 Å². The predicted molar refractivity (Wildman–Crippen MR) is 130 cm³/mol. The number of esters is 1. The number of ether oxygens (including phenoxy) is 3. The maximum absolute atomic E-state index is 13.3. The molecule has 4 atom stereocenters. The molecule has 2 aromatic rings. The number of hydrogen-bond acceptors (Lipinski definition) is 6. The molecule has 0 bridgehead atoms. The maximum Gasteiger partial charge on any atom is 0.417 e. The molecule has 3 rings (SSSR count). The van der Waals surface area contributed by atoms with Gasteiger partial charge in [0, 0.05) is 22.7 Å². The summed E-state index contributed by atoms with van der Waals surface area (Å²) in [7, 11) is 1.34. The van der Waals surface area contributed by atoms with Gasteiger partial charge in [0.15, 0.2) is 0 Å². The van der Waals surface area contributed by atoms with E-state index in [-0.39, 0.29) is 30.6 Å². The van der Waals surface area contributed by atoms with Crippen molar-refractivity contribution in [2.24, 2.45) is 11.3 Å². The van der Waals surface area contributed by atoms with Gasteiger partial charge < -0.3 is 14.2 Å². The minimum Gasteiger partial charge on any atom is -0.481 e. The number of halogens is 4. The number of pyridine rings is 1. The molecule has 1 aromatic heterocycles. The zero-order chi connectivity index (χ0) is 26.8. The second-order valence-corrected chi connectivity index (χ2v) is 10.4. The van der Waals surface area contributed by atoms with E-state index in [0.717, 1.165) is 23.4 Å². The van der Waals surface area contributed by atoms with Crippen molar-refractivity contribution >= 4 is 17.6 Å². The van der Waals surface area contributed by atoms with Gasteiger partial charge >= 0.3 is 12.1 Å². The lowest BCUT2D eigenvalue weighted by Gasteiger charge is -2.35. The van der Waals surface area contributed by atoms with E-state index < -0.39 is 41.3 Å². The highest BCUT2D eigenvalue weighted by atomic mass is 35.5. The molecule has 0 amide bonds. The Morgan fingerprint density at radius 2 is 1.89 bits per heavy atom. The molecular weight excluding hydrogens is 497 g/mol. The van der Waals surface area contributed by atoms with Crippen LogP contribution in [0.2, 0.25) is 5.02 Å². The number of aryl methyl sites for hydroxylation is 1. The second-order valence-electron chi connectivity index (χ2n) is 9.93. The van der Waals surface area contributed by atoms with Gasteiger partial charge in [0.2, 0.25) is 5.88 Å². The first-order valence-electron chi connectivity index (χ1n) is 11.7. The molecule has 10 heteroatoms. The first-order chi connectivity index (χ1) is 16.8. The predicted octanol–water partition coefficient (Wildman–Crippen LogP) is 5.89. The first kappa shape index (κ1) is 28.2. The Morgan fingerprint density at radius 1 is 1.19 bits per heavy atom. The van der Waals surface area contributed by atoms with Crippen LogP contribution in [0.1, 0.15) is 56.0 Å². The average Bonchev–Trinajstić information content (AvgIpc) is 3.18. The standard InChI is InChI=1S/C26H32ClF3N2O4/c1-7-35-24(33)21-19(25(3,4)5)22(20(32-21)18-11-17(27)9-8-14(18)2)36-13-15-10-16(26(28,29)30)12-31-23(15)34-6/h8-12,19-22,32H,7,13H2,1-6H3/t19-,20-,21-,22-/m0/s1. The molecule has 1 aliphatic heterocycles. The number of carbonyl (C=O) groups is 1. The van der Waals surface area contributed by atoms with Crippen molar-refractivity contribution in [1.82, 2.24) is 10.3 Å². The molecule has 1 aliphatic rings. The quantitative estimate of drug-likeness (QED) is 0.452. The highest BCUT2D eigenvalue weighted by molar-refractivity contribution is 6.30. The lowest BCUT2D eigenvalue weighted by atomic mass is 9.73. The summed E-state index contributed by atoms with van der Waals surface area (Å²) in [5.74, 6) is -0.741. The van der Waals surface area contributed by atoms with Crippen LogP contribution in [0, 0.1) is 18.3 Å². The summed E-state index contributed by atoms with van der Waals surface area (Å²) in [6.07, 6.45) is -4.44. The van der Waals surface area contributed by atoms with Crippen molar-refractivity contribution in [2.45, 2.75) is 65.6 Å². The minimum atomic E-state index is -4.56. The fraction of sp³-hybridized carbons (Fsp3) is 0.538. The van der Waals surface area contributed by atoms with Crippen LogP contribution in [0.4, 0.5) is 13.2 Å². The molecule has 1 aromatic carbocycles. The fourth-order valence-electron chi connectivity index (χ4n) is 4.77. The lowest BCUT2D eigenvalue weighted by molar-refractivity contribution is -0.148. The highest BCUT2D eigenvalue weighted by Crippen LogP contribution is 2.45. The van der Waals surface area contributed by atoms with Crippen LogP contribution in [0.3, 0.4) is 0 Å². The second kappa shape index (κ2) is 10.9. The zero-order valence-electron chi connectivity index (χ0n) is 21.2. The van der Waals surface area contributed by atoms with E-state index in [1.807, 2.05) is 39.8 Å². The Kier molecular flexibility index (Phi) is 8.58. The third-order valence-electron chi connectivity index (χ3n) is 6.39. The number of rotatable bonds is 7. The van der Waals surface area contributed by atoms with Crippen LogP contribution in [-0.2, 0) is 27.1 Å². The molecule has 0 radical (unpaired) electrons. The molecule has 2 heterocycles. The van der Waals surface area contributed by atoms with E-state index in [4.69, 9.17) is 25.8 Å². The van der Waals surface area contributed by atoms with Crippen LogP contribution in [0.25, 0.3) is 0 Å². The first-order valence-corrected chi connectivity index (χ1v) is 12.1. The number of benzene rings is 1. The molecule has 0 aliphatic carbocycles. The molecule has 0 spiro atoms. The third-order valence-corrected chi connectivity index (χ3v) is 6.63. The van der Waals surface area contributed by atoms with Crippen molar-refractivity contribution < 1.29 is 32.2 Å². The molecule has 6 nitrogen and oxygen atoms in total. The molecule has 198 valence electrons. The van der Waals surface area contributed by atoms with E-state index >= 15 is 0 Å². The van der Waals surface area contributed by atoms with Gasteiger partial charge in [-0.2, -0.15) is 13.2 Å². The number of hydrogen-bond donors (Lipinski definition) is 1. The number of alkyl halides is 3. The van der Waals surface area contributed by atoms with Gasteiger partial charge in [-0.05, 0) is 48.6 Å². The van der Waals surface area contributed by atoms with Crippen molar-refractivity contribution in [3.05, 3.63) is 57.7 Å². The van der Waals surface area contributed by atoms with Gasteiger partial charge in [-0.15, -0.1) is 0 Å². The number of aromatic nitrogens is 1. The van der Waals surface area contributed by atoms with Crippen molar-refractivity contribution in [3.63, 3.8) is 0 Å². The number of methoxy groups -OCH3 is 1. The molecule has 1 fully saturated rings. The number of nitrogens with one attached hydrogen (secondary N) is 1. The van der Waals surface area contributed by atoms with Crippen LogP contribution in [0.5, 0.6) is 5.88 Å². The van der Waals surface area contributed by atoms with Crippen LogP contribution < -0.4 is 10.1 Å². The fourth-order valence-corrected chi connectivity index (χ4v) is 4.95. The molecule has 36 heavy (non-hydrogen) atoms. The Bertz CT molecular complexity index is 1090. The normalized spacial score (nSPS) is 22.5. The summed E-state index contributed by atoms with van der Waals surface area (Å²) in [6, 6.07) is 5.27. The zero-order valence-corrected chi connectivity index (χ0v) is 22.0. The monoisotopic (exact) mass is 528 g/mol. The summed E-state index contributed by atoms with van der Waals surface area (Å²) in [4.78, 5) is 16.8. The average molecular weight is 529 g/mol. The molecule has 1 N–H and O–H groups in total. The molecule has 0 unspecified atom stereocenters. The van der Waals surface area contributed by atoms with Gasteiger partial charge in [0.25, 0.3) is 0 Å². The lowest BCUT2D eigenvalue weighted by Crippen LogP contribution is -2.44. The van der Waals surface area contributed by atoms with Gasteiger partial charge in [0.05, 0.1) is 38.0 Å². The largest absolute Gasteiger partial charge is 0.481 e. The van der Waals surface area contributed by atoms with Gasteiger partial charge in [-0.3, -0.25) is 10.1 Å². The van der Waals surface area contributed by atoms with Crippen LogP contribution >= 0.6 is 11.6 Å². The Morgan fingerprint density at radius 3 is 2.47 bits per heavy atom. The van der Waals surface area contributed by atoms with Crippen LogP contribution in [0.15, 0.2) is 30.5 Å². The number of carbonyl (C=O) groups excluding carboxylic acids is 1. The number of nitrogens with zero attached hydrogens (tertiary/aromatic N) is 1. The van der Waals surface area contributed by atoms with E-state index in [0.29, 0.717) is 5.02 Å². The summed E-state index contributed by atoms with van der Waals surface area (Å²) >= 11 is 6.30. The summed E-state index contributed by atoms with van der Waals surface area (Å²) in [5.41, 5.74) is 0.599. The van der Waals surface area contributed by atoms with Crippen molar-refractivity contribution in [3.8, 4) is 5.88 Å². The van der Waals surface area contributed by atoms with Gasteiger partial charge in [-0.1, -0.05) is 38.4 Å². The van der Waals surface area contributed by atoms with Crippen LogP contribution in [-0.4, -0.2) is 36.8 Å². The van der Waals surface area contributed by atoms with Gasteiger partial charge in [0.1, 0.15) is 6.04 Å². The van der Waals surface area contributed by atoms with Gasteiger partial charge in [-0.25, -0.2) is 4.98 Å². The van der Waals surface area contributed by atoms with E-state index in [1.165, 1.54) is 7.11 Å². The molecule has 1 saturated heterocycles. The SMILES string of the molecule is CCOC(=O)[C@H]1N[C@@H](c2cc(Cl)ccc2C)[C@@H](OCc2cc(C(F)(F)F)cnc2OC)[C@H]1C(C)(C)C. The minimum absolute atomic E-state index is 0.0405. The molecular formula is C26H32ClF3N2O4. The topological polar surface area (TPSA) is 69.7 Å².